The first-order chi connectivity index (χ1) is 15.3. The lowest BCUT2D eigenvalue weighted by atomic mass is 10.0. The number of hydrogen-bond donors (Lipinski definition) is 3. The number of unbranched alkanes of at least 4 members (excludes halogenated alkanes) is 1. The third-order valence-corrected chi connectivity index (χ3v) is 7.86. The highest BCUT2D eigenvalue weighted by Gasteiger charge is 2.36. The molecule has 0 aliphatic carbocycles. The molecule has 0 saturated carbocycles. The number of carbonyl (C=O) groups excluding carboxylic acids is 1. The van der Waals surface area contributed by atoms with Crippen molar-refractivity contribution in [2.24, 2.45) is 0 Å². The molecule has 3 N–H and O–H groups in total. The Bertz CT molecular complexity index is 804. The maximum Gasteiger partial charge on any atom is 0.407 e. The van der Waals surface area contributed by atoms with Crippen LogP contribution in [0.5, 0.6) is 0 Å². The van der Waals surface area contributed by atoms with Gasteiger partial charge in [-0.15, -0.1) is 13.2 Å². The number of alkyl carbamates (subject to hydrolysis) is 1. The smallest absolute Gasteiger partial charge is 0.407 e. The molecule has 0 radical (unpaired) electrons. The second kappa shape index (κ2) is 15.0. The fourth-order valence-corrected chi connectivity index (χ4v) is 4.70. The minimum atomic E-state index is -3.65. The van der Waals surface area contributed by atoms with Crippen molar-refractivity contribution in [3.8, 4) is 0 Å². The van der Waals surface area contributed by atoms with Crippen molar-refractivity contribution in [1.82, 2.24) is 10.8 Å². The predicted octanol–water partition coefficient (Wildman–Crippen LogP) is 4.71. The monoisotopic (exact) mass is 532 g/mol. The summed E-state index contributed by atoms with van der Waals surface area (Å²) in [5.41, 5.74) is 3.79. The Morgan fingerprint density at radius 3 is 2.50 bits per heavy atom. The number of aliphatic carboxylic acids is 1. The number of ether oxygens (including phenoxy) is 1. The third-order valence-electron chi connectivity index (χ3n) is 4.09. The van der Waals surface area contributed by atoms with Gasteiger partial charge in [0.2, 0.25) is 0 Å². The van der Waals surface area contributed by atoms with Gasteiger partial charge in [-0.05, 0) is 17.5 Å². The van der Waals surface area contributed by atoms with Crippen LogP contribution in [-0.2, 0) is 29.7 Å². The SMILES string of the molecule is C=CCNOP(=O)(OCC=C)C(Br)c1ccc(CC(NC(=O)OCCCC)C(=O)O)cc1. The van der Waals surface area contributed by atoms with Gasteiger partial charge in [0, 0.05) is 13.0 Å². The van der Waals surface area contributed by atoms with E-state index in [4.69, 9.17) is 13.9 Å². The van der Waals surface area contributed by atoms with Crippen molar-refractivity contribution in [1.29, 1.82) is 0 Å². The topological polar surface area (TPSA) is 123 Å². The quantitative estimate of drug-likeness (QED) is 0.0919. The van der Waals surface area contributed by atoms with E-state index in [-0.39, 0.29) is 26.2 Å². The number of rotatable bonds is 16. The highest BCUT2D eigenvalue weighted by atomic mass is 79.9. The first kappa shape index (κ1) is 28.1. The lowest BCUT2D eigenvalue weighted by Gasteiger charge is -2.23. The average molecular weight is 533 g/mol. The second-order valence-corrected chi connectivity index (χ2v) is 10.3. The van der Waals surface area contributed by atoms with E-state index in [9.17, 15) is 19.3 Å². The van der Waals surface area contributed by atoms with Gasteiger partial charge < -0.3 is 19.7 Å². The van der Waals surface area contributed by atoms with Crippen LogP contribution >= 0.6 is 23.5 Å². The molecule has 0 aliphatic rings. The number of amides is 1. The molecule has 9 nitrogen and oxygen atoms in total. The van der Waals surface area contributed by atoms with Crippen molar-refractivity contribution in [3.05, 3.63) is 60.7 Å². The van der Waals surface area contributed by atoms with Crippen molar-refractivity contribution >= 4 is 35.6 Å². The molecule has 32 heavy (non-hydrogen) atoms. The van der Waals surface area contributed by atoms with E-state index in [0.717, 1.165) is 6.42 Å². The largest absolute Gasteiger partial charge is 0.480 e. The van der Waals surface area contributed by atoms with Gasteiger partial charge in [-0.3, -0.25) is 4.57 Å². The molecule has 0 heterocycles. The molecule has 0 aromatic heterocycles. The number of hydroxylamine groups is 1. The first-order valence-electron chi connectivity index (χ1n) is 10.0. The van der Waals surface area contributed by atoms with E-state index in [1.54, 1.807) is 30.3 Å². The molecule has 3 unspecified atom stereocenters. The lowest BCUT2D eigenvalue weighted by Crippen LogP contribution is -2.42. The summed E-state index contributed by atoms with van der Waals surface area (Å²) in [6.45, 7) is 9.57. The molecule has 1 aromatic rings. The normalized spacial score (nSPS) is 14.6. The number of carbonyl (C=O) groups is 2. The van der Waals surface area contributed by atoms with Gasteiger partial charge in [0.05, 0.1) is 13.2 Å². The van der Waals surface area contributed by atoms with Crippen LogP contribution in [-0.4, -0.2) is 43.0 Å². The van der Waals surface area contributed by atoms with Crippen LogP contribution in [0.3, 0.4) is 0 Å². The summed E-state index contributed by atoms with van der Waals surface area (Å²) in [4.78, 5) is 23.3. The standard InChI is InChI=1S/C21H30BrN2O7P/c1-4-7-14-29-21(27)24-18(20(25)26)15-16-8-10-17(11-9-16)19(22)32(28,30-13-6-3)31-23-12-5-2/h5-6,8-11,18-19,23H,2-4,7,12-15H2,1H3,(H,24,27)(H,25,26). The number of carboxylic acid groups (broad SMARTS) is 1. The zero-order valence-corrected chi connectivity index (χ0v) is 20.5. The van der Waals surface area contributed by atoms with Gasteiger partial charge in [0.15, 0.2) is 0 Å². The van der Waals surface area contributed by atoms with Crippen LogP contribution in [0.15, 0.2) is 49.6 Å². The van der Waals surface area contributed by atoms with Gasteiger partial charge in [-0.25, -0.2) is 14.2 Å². The second-order valence-electron chi connectivity index (χ2n) is 6.66. The minimum Gasteiger partial charge on any atom is -0.480 e. The Hall–Kier alpha value is -1.97. The van der Waals surface area contributed by atoms with E-state index in [2.05, 4.69) is 39.9 Å². The molecule has 0 spiro atoms. The van der Waals surface area contributed by atoms with Gasteiger partial charge in [0.25, 0.3) is 0 Å². The highest BCUT2D eigenvalue weighted by Crippen LogP contribution is 2.63. The van der Waals surface area contributed by atoms with Gasteiger partial charge in [0.1, 0.15) is 10.6 Å². The van der Waals surface area contributed by atoms with Crippen LogP contribution < -0.4 is 10.8 Å². The molecule has 1 aromatic carbocycles. The minimum absolute atomic E-state index is 0.0214. The maximum atomic E-state index is 13.2. The first-order valence-corrected chi connectivity index (χ1v) is 12.6. The van der Waals surface area contributed by atoms with Gasteiger partial charge in [-0.1, -0.05) is 65.7 Å². The number of benzene rings is 1. The Labute approximate surface area is 196 Å². The molecule has 1 rings (SSSR count). The molecule has 1 amide bonds. The number of nitrogens with one attached hydrogen (secondary N) is 2. The Kier molecular flexibility index (Phi) is 13.1. The van der Waals surface area contributed by atoms with Crippen molar-refractivity contribution in [2.75, 3.05) is 19.8 Å². The summed E-state index contributed by atoms with van der Waals surface area (Å²) in [5, 5.41) is 11.8. The summed E-state index contributed by atoms with van der Waals surface area (Å²) in [7, 11) is -3.65. The molecule has 11 heteroatoms. The number of carboxylic acids is 1. The van der Waals surface area contributed by atoms with Gasteiger partial charge >= 0.3 is 19.7 Å². The fraction of sp³-hybridized carbons (Fsp3) is 0.429. The van der Waals surface area contributed by atoms with Crippen molar-refractivity contribution in [2.45, 2.75) is 36.8 Å². The van der Waals surface area contributed by atoms with Crippen LogP contribution in [0.4, 0.5) is 4.79 Å². The van der Waals surface area contributed by atoms with E-state index in [0.29, 0.717) is 17.5 Å². The number of alkyl halides is 1. The molecule has 0 fully saturated rings. The van der Waals surface area contributed by atoms with Crippen molar-refractivity contribution < 1.29 is 33.1 Å². The van der Waals surface area contributed by atoms with E-state index in [1.807, 2.05) is 6.92 Å². The molecular formula is C21H30BrN2O7P. The number of hydrogen-bond acceptors (Lipinski definition) is 7. The molecule has 0 aliphatic heterocycles. The zero-order chi connectivity index (χ0) is 24.0. The molecule has 178 valence electrons. The molecule has 0 saturated heterocycles. The summed E-state index contributed by atoms with van der Waals surface area (Å²) in [5.74, 6) is -1.18. The maximum absolute atomic E-state index is 13.2. The molecule has 0 bridgehead atoms. The summed E-state index contributed by atoms with van der Waals surface area (Å²) in [6, 6.07) is 5.56. The van der Waals surface area contributed by atoms with Crippen LogP contribution in [0.1, 0.15) is 35.5 Å². The highest BCUT2D eigenvalue weighted by molar-refractivity contribution is 9.10. The predicted molar refractivity (Wildman–Crippen MR) is 126 cm³/mol. The van der Waals surface area contributed by atoms with E-state index >= 15 is 0 Å². The van der Waals surface area contributed by atoms with E-state index < -0.39 is 30.3 Å². The van der Waals surface area contributed by atoms with Crippen LogP contribution in [0.25, 0.3) is 0 Å². The summed E-state index contributed by atoms with van der Waals surface area (Å²) >= 11 is 3.37. The summed E-state index contributed by atoms with van der Waals surface area (Å²) < 4.78 is 28.0. The summed E-state index contributed by atoms with van der Waals surface area (Å²) in [6.07, 6.45) is 3.84. The average Bonchev–Trinajstić information content (AvgIpc) is 2.77. The zero-order valence-electron chi connectivity index (χ0n) is 18.0. The van der Waals surface area contributed by atoms with Crippen molar-refractivity contribution in [3.63, 3.8) is 0 Å². The van der Waals surface area contributed by atoms with E-state index in [1.165, 1.54) is 6.08 Å². The molecule has 3 atom stereocenters. The lowest BCUT2D eigenvalue weighted by molar-refractivity contribution is -0.139. The van der Waals surface area contributed by atoms with Crippen LogP contribution in [0, 0.1) is 0 Å². The Balaban J connectivity index is 2.86. The number of halogens is 1. The van der Waals surface area contributed by atoms with Crippen LogP contribution in [0.2, 0.25) is 0 Å². The fourth-order valence-electron chi connectivity index (χ4n) is 2.40. The molecular weight excluding hydrogens is 503 g/mol. The third kappa shape index (κ3) is 9.67. The Morgan fingerprint density at radius 1 is 1.25 bits per heavy atom. The van der Waals surface area contributed by atoms with Gasteiger partial charge in [-0.2, -0.15) is 5.48 Å². The Morgan fingerprint density at radius 2 is 1.94 bits per heavy atom.